The predicted octanol–water partition coefficient (Wildman–Crippen LogP) is 4.11. The van der Waals surface area contributed by atoms with E-state index in [0.717, 1.165) is 5.56 Å². The second kappa shape index (κ2) is 12.2. The molecule has 0 aliphatic heterocycles. The molecule has 152 valence electrons. The number of primary amides is 1. The summed E-state index contributed by atoms with van der Waals surface area (Å²) in [6, 6.07) is 10.2. The maximum atomic E-state index is 11.2. The number of rotatable bonds is 7. The lowest BCUT2D eigenvalue weighted by Gasteiger charge is -2.14. The van der Waals surface area contributed by atoms with E-state index in [4.69, 9.17) is 45.3 Å². The van der Waals surface area contributed by atoms with Crippen LogP contribution in [-0.4, -0.2) is 32.1 Å². The van der Waals surface area contributed by atoms with Crippen LogP contribution < -0.4 is 21.1 Å². The van der Waals surface area contributed by atoms with Crippen LogP contribution in [0.5, 0.6) is 5.75 Å². The van der Waals surface area contributed by atoms with Crippen molar-refractivity contribution < 1.29 is 9.53 Å². The van der Waals surface area contributed by atoms with Crippen molar-refractivity contribution in [1.29, 1.82) is 0 Å². The van der Waals surface area contributed by atoms with Crippen LogP contribution in [0.3, 0.4) is 0 Å². The summed E-state index contributed by atoms with van der Waals surface area (Å²) in [5, 5.41) is 7.40. The first-order chi connectivity index (χ1) is 12.9. The number of guanidine groups is 1. The summed E-state index contributed by atoms with van der Waals surface area (Å²) >= 11 is 18.0. The average Bonchev–Trinajstić information content (AvgIpc) is 2.63. The Morgan fingerprint density at radius 3 is 2.43 bits per heavy atom. The van der Waals surface area contributed by atoms with Crippen LogP contribution in [0.1, 0.15) is 15.9 Å². The molecule has 10 heteroatoms. The lowest BCUT2D eigenvalue weighted by Crippen LogP contribution is -2.38. The summed E-state index contributed by atoms with van der Waals surface area (Å²) in [5.41, 5.74) is 6.66. The molecule has 0 bridgehead atoms. The van der Waals surface area contributed by atoms with Gasteiger partial charge in [0.15, 0.2) is 11.7 Å². The van der Waals surface area contributed by atoms with Crippen molar-refractivity contribution in [1.82, 2.24) is 10.6 Å². The zero-order valence-electron chi connectivity index (χ0n) is 15.0. The number of hydrogen-bond donors (Lipinski definition) is 3. The molecule has 0 atom stereocenters. The highest BCUT2D eigenvalue weighted by atomic mass is 127. The zero-order valence-corrected chi connectivity index (χ0v) is 19.6. The van der Waals surface area contributed by atoms with Crippen molar-refractivity contribution in [2.75, 3.05) is 20.2 Å². The van der Waals surface area contributed by atoms with Crippen molar-refractivity contribution in [2.45, 2.75) is 6.54 Å². The largest absolute Gasteiger partial charge is 0.489 e. The van der Waals surface area contributed by atoms with E-state index >= 15 is 0 Å². The molecular weight excluding hydrogens is 537 g/mol. The summed E-state index contributed by atoms with van der Waals surface area (Å²) in [7, 11) is 1.66. The molecule has 2 aromatic carbocycles. The number of nitrogens with zero attached hydrogens (tertiary/aromatic N) is 1. The number of amides is 1. The van der Waals surface area contributed by atoms with Crippen molar-refractivity contribution in [3.05, 3.63) is 62.6 Å². The minimum atomic E-state index is -0.462. The Morgan fingerprint density at radius 2 is 1.82 bits per heavy atom. The quantitative estimate of drug-likeness (QED) is 0.207. The molecule has 0 spiro atoms. The molecule has 0 heterocycles. The molecule has 0 radical (unpaired) electrons. The third-order valence-electron chi connectivity index (χ3n) is 3.50. The van der Waals surface area contributed by atoms with Gasteiger partial charge in [-0.15, -0.1) is 24.0 Å². The van der Waals surface area contributed by atoms with Crippen LogP contribution in [0.15, 0.2) is 41.4 Å². The SMILES string of the molecule is CN=C(NCCOc1c(Cl)cc(Cl)cc1Cl)NCc1cccc(C(N)=O)c1.I. The highest BCUT2D eigenvalue weighted by Gasteiger charge is 2.09. The van der Waals surface area contributed by atoms with Crippen molar-refractivity contribution in [3.63, 3.8) is 0 Å². The van der Waals surface area contributed by atoms with Gasteiger partial charge in [-0.2, -0.15) is 0 Å². The maximum Gasteiger partial charge on any atom is 0.248 e. The predicted molar refractivity (Wildman–Crippen MR) is 126 cm³/mol. The molecule has 0 unspecified atom stereocenters. The Hall–Kier alpha value is -1.42. The Kier molecular flexibility index (Phi) is 10.7. The van der Waals surface area contributed by atoms with Gasteiger partial charge >= 0.3 is 0 Å². The van der Waals surface area contributed by atoms with Crippen LogP contribution >= 0.6 is 58.8 Å². The second-order valence-corrected chi connectivity index (χ2v) is 6.72. The van der Waals surface area contributed by atoms with Gasteiger partial charge < -0.3 is 21.1 Å². The fourth-order valence-electron chi connectivity index (χ4n) is 2.23. The molecule has 0 saturated heterocycles. The molecule has 0 saturated carbocycles. The van der Waals surface area contributed by atoms with Crippen LogP contribution in [0.2, 0.25) is 15.1 Å². The van der Waals surface area contributed by atoms with E-state index in [-0.39, 0.29) is 24.0 Å². The van der Waals surface area contributed by atoms with Gasteiger partial charge in [-0.1, -0.05) is 46.9 Å². The maximum absolute atomic E-state index is 11.2. The van der Waals surface area contributed by atoms with Gasteiger partial charge in [0.2, 0.25) is 5.91 Å². The highest BCUT2D eigenvalue weighted by Crippen LogP contribution is 2.35. The van der Waals surface area contributed by atoms with Crippen LogP contribution in [0.25, 0.3) is 0 Å². The van der Waals surface area contributed by atoms with E-state index in [0.29, 0.717) is 52.0 Å². The molecule has 1 amide bonds. The first-order valence-corrected chi connectivity index (χ1v) is 9.14. The number of nitrogens with two attached hydrogens (primary N) is 1. The fourth-order valence-corrected chi connectivity index (χ4v) is 3.16. The van der Waals surface area contributed by atoms with E-state index < -0.39 is 5.91 Å². The monoisotopic (exact) mass is 556 g/mol. The van der Waals surface area contributed by atoms with Gasteiger partial charge in [0.25, 0.3) is 0 Å². The van der Waals surface area contributed by atoms with Crippen LogP contribution in [-0.2, 0) is 6.54 Å². The van der Waals surface area contributed by atoms with Crippen LogP contribution in [0, 0.1) is 0 Å². The molecule has 2 rings (SSSR count). The number of carbonyl (C=O) groups is 1. The average molecular weight is 558 g/mol. The van der Waals surface area contributed by atoms with E-state index in [1.54, 1.807) is 37.4 Å². The highest BCUT2D eigenvalue weighted by molar-refractivity contribution is 14.0. The standard InChI is InChI=1S/C18H19Cl3N4O2.HI/c1-23-18(25-10-11-3-2-4-12(7-11)17(22)26)24-5-6-27-16-14(20)8-13(19)9-15(16)21;/h2-4,7-9H,5-6,10H2,1H3,(H2,22,26)(H2,23,24,25);1H. The van der Waals surface area contributed by atoms with Crippen LogP contribution in [0.4, 0.5) is 0 Å². The van der Waals surface area contributed by atoms with E-state index in [1.165, 1.54) is 0 Å². The summed E-state index contributed by atoms with van der Waals surface area (Å²) in [5.74, 6) is 0.503. The number of halogens is 4. The van der Waals surface area contributed by atoms with Crippen molar-refractivity contribution >= 4 is 70.6 Å². The molecule has 6 nitrogen and oxygen atoms in total. The van der Waals surface area contributed by atoms with Gasteiger partial charge in [0.1, 0.15) is 6.61 Å². The summed E-state index contributed by atoms with van der Waals surface area (Å²) < 4.78 is 5.60. The Morgan fingerprint density at radius 1 is 1.14 bits per heavy atom. The molecular formula is C18H20Cl3IN4O2. The number of benzene rings is 2. The summed E-state index contributed by atoms with van der Waals surface area (Å²) in [4.78, 5) is 15.4. The Bertz CT molecular complexity index is 826. The van der Waals surface area contributed by atoms with Gasteiger partial charge in [0.05, 0.1) is 16.6 Å². The molecule has 2 aromatic rings. The Labute approximate surface area is 195 Å². The molecule has 0 aromatic heterocycles. The zero-order chi connectivity index (χ0) is 19.8. The Balaban J connectivity index is 0.00000392. The van der Waals surface area contributed by atoms with Gasteiger partial charge in [-0.25, -0.2) is 0 Å². The molecule has 0 aliphatic carbocycles. The lowest BCUT2D eigenvalue weighted by atomic mass is 10.1. The minimum Gasteiger partial charge on any atom is -0.489 e. The molecule has 0 fully saturated rings. The second-order valence-electron chi connectivity index (χ2n) is 5.46. The number of hydrogen-bond acceptors (Lipinski definition) is 3. The molecule has 28 heavy (non-hydrogen) atoms. The van der Waals surface area contributed by atoms with E-state index in [1.807, 2.05) is 6.07 Å². The summed E-state index contributed by atoms with van der Waals surface area (Å²) in [6.07, 6.45) is 0. The summed E-state index contributed by atoms with van der Waals surface area (Å²) in [6.45, 7) is 1.27. The topological polar surface area (TPSA) is 88.7 Å². The van der Waals surface area contributed by atoms with Gasteiger partial charge in [0, 0.05) is 24.2 Å². The lowest BCUT2D eigenvalue weighted by molar-refractivity contribution is 0.1000. The van der Waals surface area contributed by atoms with E-state index in [2.05, 4.69) is 15.6 Å². The first-order valence-electron chi connectivity index (χ1n) is 8.01. The normalized spacial score (nSPS) is 10.8. The van der Waals surface area contributed by atoms with Crippen molar-refractivity contribution in [3.8, 4) is 5.75 Å². The third kappa shape index (κ3) is 7.54. The molecule has 0 aliphatic rings. The fraction of sp³-hybridized carbons (Fsp3) is 0.222. The number of nitrogens with one attached hydrogen (secondary N) is 2. The van der Waals surface area contributed by atoms with Gasteiger partial charge in [-0.05, 0) is 29.8 Å². The van der Waals surface area contributed by atoms with Gasteiger partial charge in [-0.3, -0.25) is 9.79 Å². The smallest absolute Gasteiger partial charge is 0.248 e. The number of ether oxygens (including phenoxy) is 1. The third-order valence-corrected chi connectivity index (χ3v) is 4.28. The number of carbonyl (C=O) groups excluding carboxylic acids is 1. The first kappa shape index (κ1) is 24.6. The van der Waals surface area contributed by atoms with Crippen molar-refractivity contribution in [2.24, 2.45) is 10.7 Å². The minimum absolute atomic E-state index is 0. The number of aliphatic imine (C=N–C) groups is 1. The molecule has 4 N–H and O–H groups in total. The van der Waals surface area contributed by atoms with E-state index in [9.17, 15) is 4.79 Å².